The highest BCUT2D eigenvalue weighted by atomic mass is 79.9. The van der Waals surface area contributed by atoms with Crippen molar-refractivity contribution in [1.29, 1.82) is 5.26 Å². The van der Waals surface area contributed by atoms with Gasteiger partial charge in [0.1, 0.15) is 11.9 Å². The summed E-state index contributed by atoms with van der Waals surface area (Å²) < 4.78 is 14.1. The molecule has 0 fully saturated rings. The van der Waals surface area contributed by atoms with E-state index in [1.807, 2.05) is 0 Å². The van der Waals surface area contributed by atoms with Crippen molar-refractivity contribution in [2.75, 3.05) is 0 Å². The highest BCUT2D eigenvalue weighted by Gasteiger charge is 2.14. The van der Waals surface area contributed by atoms with Crippen LogP contribution in [0.1, 0.15) is 5.56 Å². The van der Waals surface area contributed by atoms with Crippen LogP contribution in [0.2, 0.25) is 0 Å². The summed E-state index contributed by atoms with van der Waals surface area (Å²) in [5.74, 6) is -0.299. The number of nitrogens with one attached hydrogen (secondary N) is 1. The molecule has 2 rings (SSSR count). The minimum Gasteiger partial charge on any atom is -0.347 e. The van der Waals surface area contributed by atoms with Crippen LogP contribution in [-0.2, 0) is 0 Å². The molecular formula is C11H5Br2FN2. The maximum Gasteiger partial charge on any atom is 0.123 e. The third kappa shape index (κ3) is 1.91. The predicted octanol–water partition coefficient (Wildman–Crippen LogP) is 4.22. The van der Waals surface area contributed by atoms with Gasteiger partial charge in [-0.05, 0) is 61.7 Å². The van der Waals surface area contributed by atoms with Gasteiger partial charge in [-0.1, -0.05) is 0 Å². The number of nitrogens with zero attached hydrogens (tertiary/aromatic N) is 1. The molecule has 0 aliphatic heterocycles. The maximum absolute atomic E-state index is 12.8. The number of H-pyrrole nitrogens is 1. The summed E-state index contributed by atoms with van der Waals surface area (Å²) in [6, 6.07) is 8.07. The molecule has 16 heavy (non-hydrogen) atoms. The van der Waals surface area contributed by atoms with Crippen LogP contribution < -0.4 is 0 Å². The third-order valence-corrected chi connectivity index (χ3v) is 4.06. The molecule has 0 aliphatic carbocycles. The van der Waals surface area contributed by atoms with Crippen molar-refractivity contribution < 1.29 is 4.39 Å². The summed E-state index contributed by atoms with van der Waals surface area (Å²) in [5.41, 5.74) is 1.93. The Balaban J connectivity index is 2.61. The molecule has 0 amide bonds. The van der Waals surface area contributed by atoms with Crippen LogP contribution in [0.4, 0.5) is 4.39 Å². The van der Waals surface area contributed by atoms with Crippen molar-refractivity contribution in [1.82, 2.24) is 4.98 Å². The number of aromatic amines is 1. The van der Waals surface area contributed by atoms with Crippen LogP contribution in [-0.4, -0.2) is 4.98 Å². The number of rotatable bonds is 1. The Kier molecular flexibility index (Phi) is 3.13. The number of aromatic nitrogens is 1. The molecule has 0 radical (unpaired) electrons. The van der Waals surface area contributed by atoms with Gasteiger partial charge in [-0.25, -0.2) is 4.39 Å². The largest absolute Gasteiger partial charge is 0.347 e. The summed E-state index contributed by atoms with van der Waals surface area (Å²) in [4.78, 5) is 3.02. The number of halogens is 3. The number of hydrogen-bond donors (Lipinski definition) is 1. The number of benzene rings is 1. The third-order valence-electron chi connectivity index (χ3n) is 2.14. The fraction of sp³-hybridized carbons (Fsp3) is 0. The van der Waals surface area contributed by atoms with Gasteiger partial charge in [0.2, 0.25) is 0 Å². The molecule has 2 nitrogen and oxygen atoms in total. The van der Waals surface area contributed by atoms with E-state index in [2.05, 4.69) is 42.9 Å². The minimum absolute atomic E-state index is 0.299. The molecule has 0 aliphatic rings. The molecule has 1 aromatic carbocycles. The second-order valence-electron chi connectivity index (χ2n) is 3.12. The summed E-state index contributed by atoms with van der Waals surface area (Å²) in [6.07, 6.45) is 0. The quantitative estimate of drug-likeness (QED) is 0.827. The van der Waals surface area contributed by atoms with Gasteiger partial charge >= 0.3 is 0 Å². The molecule has 2 aromatic rings. The molecule has 1 N–H and O–H groups in total. The van der Waals surface area contributed by atoms with E-state index < -0.39 is 0 Å². The lowest BCUT2D eigenvalue weighted by atomic mass is 10.1. The zero-order chi connectivity index (χ0) is 11.7. The summed E-state index contributed by atoms with van der Waals surface area (Å²) in [5, 5.41) is 9.03. The minimum atomic E-state index is -0.299. The van der Waals surface area contributed by atoms with Gasteiger partial charge in [-0.15, -0.1) is 0 Å². The van der Waals surface area contributed by atoms with E-state index in [0.717, 1.165) is 5.56 Å². The van der Waals surface area contributed by atoms with Gasteiger partial charge in [-0.3, -0.25) is 0 Å². The fourth-order valence-corrected chi connectivity index (χ4v) is 2.17. The van der Waals surface area contributed by atoms with Crippen LogP contribution >= 0.6 is 31.9 Å². The molecule has 0 spiro atoms. The van der Waals surface area contributed by atoms with E-state index in [1.165, 1.54) is 12.1 Å². The molecule has 80 valence electrons. The van der Waals surface area contributed by atoms with Gasteiger partial charge in [0.05, 0.1) is 20.3 Å². The topological polar surface area (TPSA) is 39.6 Å². The highest BCUT2D eigenvalue weighted by Crippen LogP contribution is 2.34. The van der Waals surface area contributed by atoms with Crippen LogP contribution in [0, 0.1) is 17.1 Å². The SMILES string of the molecule is N#Cc1c(-c2ccc(F)cc2)[nH]c(Br)c1Br. The van der Waals surface area contributed by atoms with Crippen molar-refractivity contribution >= 4 is 31.9 Å². The smallest absolute Gasteiger partial charge is 0.123 e. The molecule has 0 unspecified atom stereocenters. The van der Waals surface area contributed by atoms with Gasteiger partial charge in [0, 0.05) is 0 Å². The standard InChI is InChI=1S/C11H5Br2FN2/c12-9-8(5-15)10(16-11(9)13)6-1-3-7(14)4-2-6/h1-4,16H. The van der Waals surface area contributed by atoms with Gasteiger partial charge < -0.3 is 4.98 Å². The van der Waals surface area contributed by atoms with E-state index in [9.17, 15) is 4.39 Å². The molecule has 0 saturated heterocycles. The molecule has 0 bridgehead atoms. The lowest BCUT2D eigenvalue weighted by molar-refractivity contribution is 0.628. The zero-order valence-electron chi connectivity index (χ0n) is 7.89. The summed E-state index contributed by atoms with van der Waals surface area (Å²) in [7, 11) is 0. The normalized spacial score (nSPS) is 10.1. The Morgan fingerprint density at radius 1 is 1.19 bits per heavy atom. The van der Waals surface area contributed by atoms with Crippen LogP contribution in [0.5, 0.6) is 0 Å². The molecular weight excluding hydrogens is 339 g/mol. The zero-order valence-corrected chi connectivity index (χ0v) is 11.1. The monoisotopic (exact) mass is 342 g/mol. The van der Waals surface area contributed by atoms with E-state index in [4.69, 9.17) is 5.26 Å². The van der Waals surface area contributed by atoms with E-state index in [0.29, 0.717) is 20.3 Å². The fourth-order valence-electron chi connectivity index (χ4n) is 1.38. The first-order valence-corrected chi connectivity index (χ1v) is 5.95. The van der Waals surface area contributed by atoms with Gasteiger partial charge in [-0.2, -0.15) is 5.26 Å². The van der Waals surface area contributed by atoms with Crippen molar-refractivity contribution in [2.24, 2.45) is 0 Å². The van der Waals surface area contributed by atoms with E-state index in [-0.39, 0.29) is 5.82 Å². The average Bonchev–Trinajstić information content (AvgIpc) is 2.56. The first-order valence-electron chi connectivity index (χ1n) is 4.36. The van der Waals surface area contributed by atoms with Gasteiger partial charge in [0.25, 0.3) is 0 Å². The Labute approximate surface area is 108 Å². The van der Waals surface area contributed by atoms with Crippen molar-refractivity contribution in [3.63, 3.8) is 0 Å². The Morgan fingerprint density at radius 2 is 1.81 bits per heavy atom. The van der Waals surface area contributed by atoms with Crippen LogP contribution in [0.25, 0.3) is 11.3 Å². The summed E-state index contributed by atoms with van der Waals surface area (Å²) >= 11 is 6.59. The predicted molar refractivity (Wildman–Crippen MR) is 66.3 cm³/mol. The average molecular weight is 344 g/mol. The Bertz CT molecular complexity index is 567. The number of nitriles is 1. The molecule has 0 saturated carbocycles. The van der Waals surface area contributed by atoms with E-state index >= 15 is 0 Å². The van der Waals surface area contributed by atoms with Crippen molar-refractivity contribution in [3.8, 4) is 17.3 Å². The second kappa shape index (κ2) is 4.40. The second-order valence-corrected chi connectivity index (χ2v) is 4.71. The van der Waals surface area contributed by atoms with Crippen molar-refractivity contribution in [3.05, 3.63) is 44.7 Å². The lowest BCUT2D eigenvalue weighted by Gasteiger charge is -1.98. The first kappa shape index (κ1) is 11.4. The van der Waals surface area contributed by atoms with Crippen molar-refractivity contribution in [2.45, 2.75) is 0 Å². The first-order chi connectivity index (χ1) is 7.63. The van der Waals surface area contributed by atoms with Crippen LogP contribution in [0.15, 0.2) is 33.3 Å². The van der Waals surface area contributed by atoms with Gasteiger partial charge in [0.15, 0.2) is 0 Å². The number of hydrogen-bond acceptors (Lipinski definition) is 1. The highest BCUT2D eigenvalue weighted by molar-refractivity contribution is 9.13. The maximum atomic E-state index is 12.8. The Morgan fingerprint density at radius 3 is 2.38 bits per heavy atom. The lowest BCUT2D eigenvalue weighted by Crippen LogP contribution is -1.82. The molecule has 1 aromatic heterocycles. The van der Waals surface area contributed by atoms with Crippen LogP contribution in [0.3, 0.4) is 0 Å². The molecule has 5 heteroatoms. The Hall–Kier alpha value is -1.12. The van der Waals surface area contributed by atoms with E-state index in [1.54, 1.807) is 12.1 Å². The molecule has 1 heterocycles. The molecule has 0 atom stereocenters. The summed E-state index contributed by atoms with van der Waals surface area (Å²) in [6.45, 7) is 0.